The number of carbonyl (C=O) groups is 1. The quantitative estimate of drug-likeness (QED) is 0.892. The van der Waals surface area contributed by atoms with E-state index in [0.717, 1.165) is 43.7 Å². The van der Waals surface area contributed by atoms with Gasteiger partial charge in [-0.1, -0.05) is 6.92 Å². The fourth-order valence-corrected chi connectivity index (χ4v) is 2.79. The molecular weight excluding hydrogens is 268 g/mol. The predicted molar refractivity (Wildman–Crippen MR) is 76.8 cm³/mol. The van der Waals surface area contributed by atoms with Gasteiger partial charge in [-0.05, 0) is 25.3 Å². The Morgan fingerprint density at radius 2 is 2.38 bits per heavy atom. The first-order chi connectivity index (χ1) is 10.3. The molecule has 0 saturated carbocycles. The van der Waals surface area contributed by atoms with Crippen LogP contribution in [0.3, 0.4) is 0 Å². The van der Waals surface area contributed by atoms with Gasteiger partial charge in [-0.25, -0.2) is 4.98 Å². The van der Waals surface area contributed by atoms with Crippen LogP contribution in [0.2, 0.25) is 0 Å². The first-order valence-electron chi connectivity index (χ1n) is 7.47. The highest BCUT2D eigenvalue weighted by Gasteiger charge is 2.28. The summed E-state index contributed by atoms with van der Waals surface area (Å²) in [5.41, 5.74) is 1.09. The number of aryl methyl sites for hydroxylation is 1. The maximum absolute atomic E-state index is 12.5. The van der Waals surface area contributed by atoms with Crippen molar-refractivity contribution in [3.8, 4) is 0 Å². The van der Waals surface area contributed by atoms with Crippen molar-refractivity contribution in [3.63, 3.8) is 0 Å². The van der Waals surface area contributed by atoms with Gasteiger partial charge >= 0.3 is 0 Å². The molecule has 0 aliphatic carbocycles. The summed E-state index contributed by atoms with van der Waals surface area (Å²) in [6.07, 6.45) is 5.61. The van der Waals surface area contributed by atoms with Crippen molar-refractivity contribution in [3.05, 3.63) is 29.6 Å². The van der Waals surface area contributed by atoms with Gasteiger partial charge in [0.1, 0.15) is 5.82 Å². The van der Waals surface area contributed by atoms with E-state index in [1.807, 2.05) is 11.0 Å². The molecule has 1 atom stereocenters. The van der Waals surface area contributed by atoms with Crippen molar-refractivity contribution in [1.29, 1.82) is 0 Å². The standard InChI is InChI=1S/C14H20N6O/c1-2-4-12-16-13(19-18-12)14(21)20-8-3-5-10(9-20)11-6-7-15-17-11/h6-7,10H,2-5,8-9H2,1H3,(H,15,17)(H,16,18,19). The Kier molecular flexibility index (Phi) is 3.98. The van der Waals surface area contributed by atoms with E-state index in [2.05, 4.69) is 32.3 Å². The molecule has 112 valence electrons. The summed E-state index contributed by atoms with van der Waals surface area (Å²) in [6, 6.07) is 1.98. The summed E-state index contributed by atoms with van der Waals surface area (Å²) >= 11 is 0. The Labute approximate surface area is 123 Å². The number of rotatable bonds is 4. The minimum absolute atomic E-state index is 0.0854. The zero-order valence-corrected chi connectivity index (χ0v) is 12.2. The lowest BCUT2D eigenvalue weighted by molar-refractivity contribution is 0.0694. The van der Waals surface area contributed by atoms with E-state index in [0.29, 0.717) is 12.5 Å². The van der Waals surface area contributed by atoms with E-state index in [-0.39, 0.29) is 11.7 Å². The second-order valence-corrected chi connectivity index (χ2v) is 5.46. The summed E-state index contributed by atoms with van der Waals surface area (Å²) in [6.45, 7) is 3.53. The van der Waals surface area contributed by atoms with E-state index in [1.54, 1.807) is 6.20 Å². The molecule has 0 bridgehead atoms. The van der Waals surface area contributed by atoms with Gasteiger partial charge in [-0.3, -0.25) is 15.0 Å². The third kappa shape index (κ3) is 2.96. The summed E-state index contributed by atoms with van der Waals surface area (Å²) < 4.78 is 0. The molecule has 2 aromatic heterocycles. The molecule has 1 unspecified atom stereocenters. The third-order valence-electron chi connectivity index (χ3n) is 3.88. The number of hydrogen-bond acceptors (Lipinski definition) is 4. The SMILES string of the molecule is CCCc1nc(C(=O)N2CCCC(c3ccn[nH]3)C2)n[nH]1. The van der Waals surface area contributed by atoms with E-state index >= 15 is 0 Å². The number of nitrogens with zero attached hydrogens (tertiary/aromatic N) is 4. The fraction of sp³-hybridized carbons (Fsp3) is 0.571. The molecule has 0 aromatic carbocycles. The number of amides is 1. The monoisotopic (exact) mass is 288 g/mol. The van der Waals surface area contributed by atoms with Crippen LogP contribution in [-0.2, 0) is 6.42 Å². The summed E-state index contributed by atoms with van der Waals surface area (Å²) in [5, 5.41) is 13.9. The van der Waals surface area contributed by atoms with E-state index in [9.17, 15) is 4.79 Å². The van der Waals surface area contributed by atoms with Crippen molar-refractivity contribution < 1.29 is 4.79 Å². The van der Waals surface area contributed by atoms with E-state index in [4.69, 9.17) is 0 Å². The Balaban J connectivity index is 1.68. The number of H-pyrrole nitrogens is 2. The van der Waals surface area contributed by atoms with Gasteiger partial charge in [0.05, 0.1) is 0 Å². The molecular formula is C14H20N6O. The van der Waals surface area contributed by atoms with Gasteiger partial charge in [0.2, 0.25) is 5.82 Å². The van der Waals surface area contributed by atoms with Crippen LogP contribution in [-0.4, -0.2) is 49.3 Å². The Morgan fingerprint density at radius 1 is 1.48 bits per heavy atom. The number of hydrogen-bond donors (Lipinski definition) is 2. The van der Waals surface area contributed by atoms with Crippen molar-refractivity contribution in [2.45, 2.75) is 38.5 Å². The van der Waals surface area contributed by atoms with Crippen LogP contribution in [0.4, 0.5) is 0 Å². The summed E-state index contributed by atoms with van der Waals surface area (Å²) in [4.78, 5) is 18.6. The molecule has 1 fully saturated rings. The maximum Gasteiger partial charge on any atom is 0.293 e. The number of aromatic amines is 2. The molecule has 3 heterocycles. The second kappa shape index (κ2) is 6.07. The fourth-order valence-electron chi connectivity index (χ4n) is 2.79. The molecule has 0 spiro atoms. The Morgan fingerprint density at radius 3 is 3.14 bits per heavy atom. The Bertz CT molecular complexity index is 590. The summed E-state index contributed by atoms with van der Waals surface area (Å²) in [7, 11) is 0. The molecule has 2 N–H and O–H groups in total. The highest BCUT2D eigenvalue weighted by molar-refractivity contribution is 5.90. The molecule has 2 aromatic rings. The van der Waals surface area contributed by atoms with Gasteiger partial charge in [-0.15, -0.1) is 5.10 Å². The van der Waals surface area contributed by atoms with Crippen molar-refractivity contribution in [2.24, 2.45) is 0 Å². The van der Waals surface area contributed by atoms with Crippen LogP contribution < -0.4 is 0 Å². The minimum Gasteiger partial charge on any atom is -0.335 e. The normalized spacial score (nSPS) is 18.9. The smallest absolute Gasteiger partial charge is 0.293 e. The number of nitrogens with one attached hydrogen (secondary N) is 2. The van der Waals surface area contributed by atoms with Crippen LogP contribution >= 0.6 is 0 Å². The highest BCUT2D eigenvalue weighted by Crippen LogP contribution is 2.25. The van der Waals surface area contributed by atoms with Crippen LogP contribution in [0.1, 0.15) is 54.2 Å². The topological polar surface area (TPSA) is 90.6 Å². The van der Waals surface area contributed by atoms with Gasteiger partial charge < -0.3 is 4.90 Å². The zero-order valence-electron chi connectivity index (χ0n) is 12.2. The highest BCUT2D eigenvalue weighted by atomic mass is 16.2. The summed E-state index contributed by atoms with van der Waals surface area (Å²) in [5.74, 6) is 1.30. The molecule has 0 radical (unpaired) electrons. The molecule has 3 rings (SSSR count). The zero-order chi connectivity index (χ0) is 14.7. The lowest BCUT2D eigenvalue weighted by Crippen LogP contribution is -2.39. The second-order valence-electron chi connectivity index (χ2n) is 5.46. The first-order valence-corrected chi connectivity index (χ1v) is 7.47. The Hall–Kier alpha value is -2.18. The first kappa shape index (κ1) is 13.8. The molecule has 1 aliphatic heterocycles. The third-order valence-corrected chi connectivity index (χ3v) is 3.88. The van der Waals surface area contributed by atoms with Crippen LogP contribution in [0.5, 0.6) is 0 Å². The van der Waals surface area contributed by atoms with Crippen molar-refractivity contribution in [1.82, 2.24) is 30.3 Å². The number of piperidine rings is 1. The van der Waals surface area contributed by atoms with Gasteiger partial charge in [0.25, 0.3) is 5.91 Å². The lowest BCUT2D eigenvalue weighted by Gasteiger charge is -2.31. The van der Waals surface area contributed by atoms with Gasteiger partial charge in [0, 0.05) is 37.3 Å². The molecule has 1 saturated heterocycles. The van der Waals surface area contributed by atoms with Crippen molar-refractivity contribution in [2.75, 3.05) is 13.1 Å². The number of carbonyl (C=O) groups excluding carboxylic acids is 1. The van der Waals surface area contributed by atoms with Crippen LogP contribution in [0.15, 0.2) is 12.3 Å². The lowest BCUT2D eigenvalue weighted by atomic mass is 9.95. The molecule has 1 amide bonds. The van der Waals surface area contributed by atoms with Gasteiger partial charge in [-0.2, -0.15) is 5.10 Å². The largest absolute Gasteiger partial charge is 0.335 e. The molecule has 7 heteroatoms. The average molecular weight is 288 g/mol. The van der Waals surface area contributed by atoms with E-state index < -0.39 is 0 Å². The van der Waals surface area contributed by atoms with Crippen LogP contribution in [0.25, 0.3) is 0 Å². The average Bonchev–Trinajstić information content (AvgIpc) is 3.18. The molecule has 7 nitrogen and oxygen atoms in total. The number of likely N-dealkylation sites (tertiary alicyclic amines) is 1. The van der Waals surface area contributed by atoms with E-state index in [1.165, 1.54) is 0 Å². The predicted octanol–water partition coefficient (Wildman–Crippen LogP) is 1.50. The minimum atomic E-state index is -0.0854. The number of aromatic nitrogens is 5. The maximum atomic E-state index is 12.5. The van der Waals surface area contributed by atoms with Crippen LogP contribution in [0, 0.1) is 0 Å². The van der Waals surface area contributed by atoms with Gasteiger partial charge in [0.15, 0.2) is 0 Å². The van der Waals surface area contributed by atoms with Crippen molar-refractivity contribution >= 4 is 5.91 Å². The molecule has 1 aliphatic rings. The molecule has 21 heavy (non-hydrogen) atoms.